The third kappa shape index (κ3) is 3.82. The Morgan fingerprint density at radius 2 is 2.00 bits per heavy atom. The lowest BCUT2D eigenvalue weighted by Crippen LogP contribution is -2.26. The summed E-state index contributed by atoms with van der Waals surface area (Å²) >= 11 is 0. The van der Waals surface area contributed by atoms with E-state index < -0.39 is 0 Å². The third-order valence-corrected chi connectivity index (χ3v) is 3.76. The second-order valence-corrected chi connectivity index (χ2v) is 5.65. The van der Waals surface area contributed by atoms with E-state index in [-0.39, 0.29) is 24.2 Å². The molecule has 0 aliphatic carbocycles. The van der Waals surface area contributed by atoms with Crippen molar-refractivity contribution < 1.29 is 14.3 Å². The number of carbonyl (C=O) groups excluding carboxylic acids is 2. The van der Waals surface area contributed by atoms with Crippen LogP contribution in [0.15, 0.2) is 24.3 Å². The second-order valence-electron chi connectivity index (χ2n) is 5.65. The summed E-state index contributed by atoms with van der Waals surface area (Å²) in [6.07, 6.45) is 1.21. The average Bonchev–Trinajstić information content (AvgIpc) is 2.87. The van der Waals surface area contributed by atoms with E-state index in [1.807, 2.05) is 38.4 Å². The van der Waals surface area contributed by atoms with Crippen molar-refractivity contribution in [3.8, 4) is 0 Å². The predicted molar refractivity (Wildman–Crippen MR) is 81.2 cm³/mol. The van der Waals surface area contributed by atoms with Gasteiger partial charge in [0.1, 0.15) is 0 Å². The molecule has 1 atom stereocenters. The first-order valence-electron chi connectivity index (χ1n) is 7.13. The van der Waals surface area contributed by atoms with E-state index in [2.05, 4.69) is 4.90 Å². The molecule has 0 aromatic heterocycles. The van der Waals surface area contributed by atoms with E-state index in [1.165, 1.54) is 12.7 Å². The van der Waals surface area contributed by atoms with E-state index in [1.54, 1.807) is 4.90 Å². The molecular formula is C16H22N2O3. The number of hydrogen-bond donors (Lipinski definition) is 0. The van der Waals surface area contributed by atoms with Crippen LogP contribution in [0, 0.1) is 5.92 Å². The van der Waals surface area contributed by atoms with Gasteiger partial charge in [0.25, 0.3) is 0 Å². The molecule has 2 rings (SSSR count). The number of amides is 1. The highest BCUT2D eigenvalue weighted by atomic mass is 16.5. The van der Waals surface area contributed by atoms with E-state index in [9.17, 15) is 9.59 Å². The summed E-state index contributed by atoms with van der Waals surface area (Å²) in [4.78, 5) is 27.4. The Morgan fingerprint density at radius 3 is 2.57 bits per heavy atom. The van der Waals surface area contributed by atoms with Gasteiger partial charge in [0, 0.05) is 25.2 Å². The van der Waals surface area contributed by atoms with E-state index >= 15 is 0 Å². The van der Waals surface area contributed by atoms with Gasteiger partial charge >= 0.3 is 5.97 Å². The zero-order valence-corrected chi connectivity index (χ0v) is 12.8. The Kier molecular flexibility index (Phi) is 4.96. The van der Waals surface area contributed by atoms with Crippen LogP contribution in [0.2, 0.25) is 0 Å². The number of rotatable bonds is 5. The van der Waals surface area contributed by atoms with Gasteiger partial charge < -0.3 is 14.5 Å². The molecule has 1 aromatic rings. The minimum absolute atomic E-state index is 0.0218. The standard InChI is InChI=1S/C16H22N2O3/c1-17(2)9-8-12-4-6-14(7-5-12)18-11-13(10-15(18)19)16(20)21-3/h4-7,13H,8-11H2,1-3H3. The number of likely N-dealkylation sites (N-methyl/N-ethyl adjacent to an activating group) is 1. The molecule has 21 heavy (non-hydrogen) atoms. The van der Waals surface area contributed by atoms with Gasteiger partial charge in [-0.1, -0.05) is 12.1 Å². The van der Waals surface area contributed by atoms with Gasteiger partial charge in [-0.05, 0) is 38.2 Å². The second kappa shape index (κ2) is 6.72. The maximum Gasteiger partial charge on any atom is 0.311 e. The first-order valence-corrected chi connectivity index (χ1v) is 7.13. The summed E-state index contributed by atoms with van der Waals surface area (Å²) in [5.41, 5.74) is 2.09. The summed E-state index contributed by atoms with van der Waals surface area (Å²) in [6.45, 7) is 1.40. The van der Waals surface area contributed by atoms with Gasteiger partial charge in [-0.2, -0.15) is 0 Å². The molecule has 1 unspecified atom stereocenters. The maximum atomic E-state index is 12.0. The van der Waals surface area contributed by atoms with Crippen molar-refractivity contribution in [2.24, 2.45) is 5.92 Å². The molecule has 1 heterocycles. The molecular weight excluding hydrogens is 268 g/mol. The number of esters is 1. The first-order chi connectivity index (χ1) is 10.0. The first kappa shape index (κ1) is 15.5. The van der Waals surface area contributed by atoms with Gasteiger partial charge in [-0.3, -0.25) is 9.59 Å². The Hall–Kier alpha value is -1.88. The van der Waals surface area contributed by atoms with E-state index in [0.29, 0.717) is 6.54 Å². The number of hydrogen-bond acceptors (Lipinski definition) is 4. The van der Waals surface area contributed by atoms with Gasteiger partial charge in [0.2, 0.25) is 5.91 Å². The van der Waals surface area contributed by atoms with Crippen LogP contribution in [0.3, 0.4) is 0 Å². The number of methoxy groups -OCH3 is 1. The lowest BCUT2D eigenvalue weighted by Gasteiger charge is -2.17. The van der Waals surface area contributed by atoms with Crippen molar-refractivity contribution in [2.45, 2.75) is 12.8 Å². The Balaban J connectivity index is 2.02. The molecule has 5 nitrogen and oxygen atoms in total. The Labute approximate surface area is 125 Å². The van der Waals surface area contributed by atoms with Crippen molar-refractivity contribution in [3.05, 3.63) is 29.8 Å². The normalized spacial score (nSPS) is 18.4. The van der Waals surface area contributed by atoms with Crippen molar-refractivity contribution >= 4 is 17.6 Å². The van der Waals surface area contributed by atoms with Gasteiger partial charge in [0.05, 0.1) is 13.0 Å². The highest BCUT2D eigenvalue weighted by Crippen LogP contribution is 2.26. The minimum Gasteiger partial charge on any atom is -0.469 e. The Bertz CT molecular complexity index is 511. The van der Waals surface area contributed by atoms with Gasteiger partial charge in [0.15, 0.2) is 0 Å². The maximum absolute atomic E-state index is 12.0. The van der Waals surface area contributed by atoms with Crippen LogP contribution in [0.25, 0.3) is 0 Å². The number of nitrogens with zero attached hydrogens (tertiary/aromatic N) is 2. The number of carbonyl (C=O) groups is 2. The molecule has 1 amide bonds. The molecule has 0 N–H and O–H groups in total. The van der Waals surface area contributed by atoms with Crippen molar-refractivity contribution in [1.82, 2.24) is 4.90 Å². The van der Waals surface area contributed by atoms with Crippen LogP contribution in [0.1, 0.15) is 12.0 Å². The lowest BCUT2D eigenvalue weighted by molar-refractivity contribution is -0.145. The molecule has 1 aromatic carbocycles. The molecule has 5 heteroatoms. The SMILES string of the molecule is COC(=O)C1CC(=O)N(c2ccc(CCN(C)C)cc2)C1. The molecule has 114 valence electrons. The zero-order chi connectivity index (χ0) is 15.4. The van der Waals surface area contributed by atoms with Crippen molar-refractivity contribution in [1.29, 1.82) is 0 Å². The monoisotopic (exact) mass is 290 g/mol. The largest absolute Gasteiger partial charge is 0.469 e. The van der Waals surface area contributed by atoms with E-state index in [4.69, 9.17) is 4.74 Å². The fraction of sp³-hybridized carbons (Fsp3) is 0.500. The molecule has 0 spiro atoms. The highest BCUT2D eigenvalue weighted by Gasteiger charge is 2.35. The molecule has 1 fully saturated rings. The van der Waals surface area contributed by atoms with E-state index in [0.717, 1.165) is 18.7 Å². The summed E-state index contributed by atoms with van der Waals surface area (Å²) in [5.74, 6) is -0.684. The fourth-order valence-corrected chi connectivity index (χ4v) is 2.48. The lowest BCUT2D eigenvalue weighted by atomic mass is 10.1. The average molecular weight is 290 g/mol. The van der Waals surface area contributed by atoms with Crippen LogP contribution >= 0.6 is 0 Å². The smallest absolute Gasteiger partial charge is 0.311 e. The Morgan fingerprint density at radius 1 is 1.33 bits per heavy atom. The summed E-state index contributed by atoms with van der Waals surface area (Å²) in [6, 6.07) is 7.97. The summed E-state index contributed by atoms with van der Waals surface area (Å²) < 4.78 is 4.72. The van der Waals surface area contributed by atoms with Crippen LogP contribution in [0.5, 0.6) is 0 Å². The number of benzene rings is 1. The minimum atomic E-state index is -0.351. The molecule has 1 aliphatic rings. The number of anilines is 1. The van der Waals surface area contributed by atoms with Crippen molar-refractivity contribution in [2.75, 3.05) is 39.2 Å². The quantitative estimate of drug-likeness (QED) is 0.767. The summed E-state index contributed by atoms with van der Waals surface area (Å²) in [7, 11) is 5.45. The van der Waals surface area contributed by atoms with Crippen molar-refractivity contribution in [3.63, 3.8) is 0 Å². The van der Waals surface area contributed by atoms with Crippen LogP contribution in [0.4, 0.5) is 5.69 Å². The highest BCUT2D eigenvalue weighted by molar-refractivity contribution is 5.99. The third-order valence-electron chi connectivity index (χ3n) is 3.76. The topological polar surface area (TPSA) is 49.9 Å². The van der Waals surface area contributed by atoms with Crippen LogP contribution in [-0.2, 0) is 20.7 Å². The van der Waals surface area contributed by atoms with Gasteiger partial charge in [-0.25, -0.2) is 0 Å². The molecule has 0 bridgehead atoms. The molecule has 0 saturated carbocycles. The van der Waals surface area contributed by atoms with Gasteiger partial charge in [-0.15, -0.1) is 0 Å². The molecule has 1 saturated heterocycles. The predicted octanol–water partition coefficient (Wildman–Crippen LogP) is 1.32. The number of ether oxygens (including phenoxy) is 1. The molecule has 1 aliphatic heterocycles. The molecule has 0 radical (unpaired) electrons. The van der Waals surface area contributed by atoms with Crippen LogP contribution in [-0.4, -0.2) is 51.1 Å². The zero-order valence-electron chi connectivity index (χ0n) is 12.8. The fourth-order valence-electron chi connectivity index (χ4n) is 2.48. The van der Waals surface area contributed by atoms with Crippen LogP contribution < -0.4 is 4.90 Å². The summed E-state index contributed by atoms with van der Waals surface area (Å²) in [5, 5.41) is 0.